The first-order valence-corrected chi connectivity index (χ1v) is 19.0. The van der Waals surface area contributed by atoms with Crippen LogP contribution in [0.5, 0.6) is 0 Å². The van der Waals surface area contributed by atoms with Crippen molar-refractivity contribution in [2.24, 2.45) is 17.8 Å². The Morgan fingerprint density at radius 1 is 0.903 bits per heavy atom. The quantitative estimate of drug-likeness (QED) is 0.0243. The minimum atomic E-state index is -2.20. The maximum absolute atomic E-state index is 13.6. The van der Waals surface area contributed by atoms with Crippen molar-refractivity contribution in [1.29, 1.82) is 0 Å². The SMILES string of the molecule is CCCCCCOC(=O)/N=C(/N)c1ccc(NCc2nc3cc(C(=O)N(CCC(=O)OCC)c4ccccn4)ccc3n2C)cc1.O.O.O.O=C(O)C(O)C(O)C(O)C(O)CO. The molecule has 2 aromatic carbocycles. The Morgan fingerprint density at radius 2 is 1.58 bits per heavy atom. The molecule has 22 heteroatoms. The van der Waals surface area contributed by atoms with Crippen LogP contribution in [-0.4, -0.2) is 142 Å². The highest BCUT2D eigenvalue weighted by Crippen LogP contribution is 2.22. The second-order valence-electron chi connectivity index (χ2n) is 13.1. The molecule has 0 radical (unpaired) electrons. The van der Waals surface area contributed by atoms with Crippen LogP contribution < -0.4 is 16.0 Å². The topological polar surface area (TPSA) is 387 Å². The highest BCUT2D eigenvalue weighted by atomic mass is 16.5. The molecule has 15 N–H and O–H groups in total. The van der Waals surface area contributed by atoms with Crippen molar-refractivity contribution >= 4 is 52.3 Å². The number of aliphatic carboxylic acids is 1. The van der Waals surface area contributed by atoms with E-state index in [1.54, 1.807) is 55.6 Å². The molecule has 0 spiro atoms. The van der Waals surface area contributed by atoms with Gasteiger partial charge in [0.1, 0.15) is 35.8 Å². The number of aliphatic imine (C=N–C) groups is 1. The van der Waals surface area contributed by atoms with E-state index < -0.39 is 43.1 Å². The summed E-state index contributed by atoms with van der Waals surface area (Å²) in [6.07, 6.45) is -2.84. The summed E-state index contributed by atoms with van der Waals surface area (Å²) in [7, 11) is 1.91. The number of unbranched alkanes of at least 4 members (excludes halogenated alkanes) is 3. The van der Waals surface area contributed by atoms with Crippen LogP contribution in [0.1, 0.15) is 67.7 Å². The number of ether oxygens (including phenoxy) is 2. The molecule has 0 saturated heterocycles. The highest BCUT2D eigenvalue weighted by molar-refractivity contribution is 6.07. The number of nitrogens with two attached hydrogens (primary N) is 1. The Balaban J connectivity index is 0.00000202. The van der Waals surface area contributed by atoms with E-state index in [-0.39, 0.29) is 53.7 Å². The van der Waals surface area contributed by atoms with Crippen LogP contribution in [0.2, 0.25) is 0 Å². The average molecular weight is 878 g/mol. The summed E-state index contributed by atoms with van der Waals surface area (Å²) >= 11 is 0. The third kappa shape index (κ3) is 16.7. The molecular formula is C40H59N7O15. The highest BCUT2D eigenvalue weighted by Gasteiger charge is 2.34. The monoisotopic (exact) mass is 877 g/mol. The molecule has 0 bridgehead atoms. The summed E-state index contributed by atoms with van der Waals surface area (Å²) in [5.74, 6) is -1.11. The number of amidine groups is 1. The predicted molar refractivity (Wildman–Crippen MR) is 227 cm³/mol. The van der Waals surface area contributed by atoms with Gasteiger partial charge in [-0.15, -0.1) is 0 Å². The molecule has 2 aromatic heterocycles. The van der Waals surface area contributed by atoms with Crippen molar-refractivity contribution < 1.29 is 75.7 Å². The van der Waals surface area contributed by atoms with Crippen molar-refractivity contribution in [2.45, 2.75) is 76.9 Å². The number of aliphatic hydroxyl groups excluding tert-OH is 5. The number of fused-ring (bicyclic) bond motifs is 1. The van der Waals surface area contributed by atoms with E-state index in [9.17, 15) is 19.2 Å². The van der Waals surface area contributed by atoms with Crippen LogP contribution in [0, 0.1) is 0 Å². The Morgan fingerprint density at radius 3 is 2.18 bits per heavy atom. The lowest BCUT2D eigenvalue weighted by atomic mass is 10.0. The number of hydrogen-bond acceptors (Lipinski definition) is 14. The Bertz CT molecular complexity index is 2000. The lowest BCUT2D eigenvalue weighted by Gasteiger charge is -2.23. The molecular weight excluding hydrogens is 818 g/mol. The van der Waals surface area contributed by atoms with Crippen LogP contribution in [0.25, 0.3) is 11.0 Å². The largest absolute Gasteiger partial charge is 0.479 e. The van der Waals surface area contributed by atoms with Gasteiger partial charge in [-0.3, -0.25) is 14.5 Å². The molecule has 4 rings (SSSR count). The first kappa shape index (κ1) is 55.9. The molecule has 4 aromatic rings. The number of carbonyl (C=O) groups excluding carboxylic acids is 3. The van der Waals surface area contributed by atoms with Crippen molar-refractivity contribution in [1.82, 2.24) is 14.5 Å². The Kier molecular flexibility index (Phi) is 25.6. The van der Waals surface area contributed by atoms with Gasteiger partial charge < -0.3 is 72.2 Å². The smallest absolute Gasteiger partial charge is 0.435 e. The fourth-order valence-corrected chi connectivity index (χ4v) is 5.46. The number of esters is 1. The van der Waals surface area contributed by atoms with Crippen LogP contribution >= 0.6 is 0 Å². The molecule has 22 nitrogen and oxygen atoms in total. The summed E-state index contributed by atoms with van der Waals surface area (Å²) in [5.41, 5.74) is 9.40. The summed E-state index contributed by atoms with van der Waals surface area (Å²) < 4.78 is 12.1. The normalized spacial score (nSPS) is 12.7. The number of amides is 2. The number of hydrogen-bond donors (Lipinski definition) is 8. The van der Waals surface area contributed by atoms with E-state index in [1.165, 1.54) is 4.90 Å². The first-order chi connectivity index (χ1) is 28.2. The molecule has 62 heavy (non-hydrogen) atoms. The second kappa shape index (κ2) is 28.4. The lowest BCUT2D eigenvalue weighted by Crippen LogP contribution is -2.48. The number of aryl methyl sites for hydroxylation is 1. The summed E-state index contributed by atoms with van der Waals surface area (Å²) in [6.45, 7) is 4.17. The Hall–Kier alpha value is -6.11. The molecule has 344 valence electrons. The molecule has 0 saturated carbocycles. The van der Waals surface area contributed by atoms with E-state index in [0.717, 1.165) is 42.7 Å². The number of benzene rings is 2. The number of pyridine rings is 1. The number of aliphatic hydroxyl groups is 5. The van der Waals surface area contributed by atoms with Gasteiger partial charge in [0.25, 0.3) is 5.91 Å². The molecule has 2 heterocycles. The number of carboxylic acids is 1. The number of rotatable bonds is 20. The minimum absolute atomic E-state index is 0. The van der Waals surface area contributed by atoms with Crippen LogP contribution in [0.15, 0.2) is 71.9 Å². The van der Waals surface area contributed by atoms with Gasteiger partial charge in [-0.2, -0.15) is 4.99 Å². The van der Waals surface area contributed by atoms with E-state index in [4.69, 9.17) is 50.8 Å². The third-order valence-electron chi connectivity index (χ3n) is 8.81. The van der Waals surface area contributed by atoms with E-state index in [0.29, 0.717) is 35.6 Å². The standard InChI is InChI=1S/C34H41N7O5.C6H12O7.3H2O/c1-4-6-7-10-21-46-34(44)39-32(35)24-12-15-26(16-13-24)37-23-30-38-27-22-25(14-17-28(27)40(30)3)33(43)41(20-18-31(42)45-5-2)29-11-8-9-19-36-29;7-1-2(8)3(9)4(10)5(11)6(12)13;;;/h8-9,11-17,19,22,37H,4-7,10,18,20-21,23H2,1-3H3,(H2,35,39,44);2-5,7-11H,1H2,(H,12,13);3*1H2. The zero-order chi connectivity index (χ0) is 43.5. The molecule has 0 fully saturated rings. The van der Waals surface area contributed by atoms with Crippen molar-refractivity contribution in [3.05, 3.63) is 83.8 Å². The van der Waals surface area contributed by atoms with Gasteiger partial charge in [0, 0.05) is 36.6 Å². The summed E-state index contributed by atoms with van der Waals surface area (Å²) in [4.78, 5) is 62.1. The number of anilines is 2. The van der Waals surface area contributed by atoms with Gasteiger partial charge in [0.2, 0.25) is 0 Å². The number of aromatic nitrogens is 3. The summed E-state index contributed by atoms with van der Waals surface area (Å²) in [6, 6.07) is 17.9. The molecule has 0 aliphatic carbocycles. The lowest BCUT2D eigenvalue weighted by molar-refractivity contribution is -0.164. The average Bonchev–Trinajstić information content (AvgIpc) is 3.56. The minimum Gasteiger partial charge on any atom is -0.479 e. The van der Waals surface area contributed by atoms with E-state index >= 15 is 0 Å². The van der Waals surface area contributed by atoms with Crippen LogP contribution in [0.4, 0.5) is 16.3 Å². The molecule has 4 unspecified atom stereocenters. The van der Waals surface area contributed by atoms with Gasteiger partial charge in [-0.1, -0.05) is 32.3 Å². The van der Waals surface area contributed by atoms with Crippen molar-refractivity contribution in [3.63, 3.8) is 0 Å². The van der Waals surface area contributed by atoms with E-state index in [2.05, 4.69) is 22.2 Å². The van der Waals surface area contributed by atoms with Crippen LogP contribution in [-0.2, 0) is 32.7 Å². The third-order valence-corrected chi connectivity index (χ3v) is 8.81. The molecule has 4 atom stereocenters. The van der Waals surface area contributed by atoms with Gasteiger partial charge in [-0.25, -0.2) is 19.6 Å². The first-order valence-electron chi connectivity index (χ1n) is 19.0. The van der Waals surface area contributed by atoms with Gasteiger partial charge in [0.15, 0.2) is 6.10 Å². The van der Waals surface area contributed by atoms with E-state index in [1.807, 2.05) is 29.8 Å². The zero-order valence-corrected chi connectivity index (χ0v) is 34.7. The fraction of sp³-hybridized carbons (Fsp3) is 0.425. The maximum atomic E-state index is 13.6. The van der Waals surface area contributed by atoms with Gasteiger partial charge in [-0.05, 0) is 67.9 Å². The molecule has 0 aliphatic rings. The second-order valence-corrected chi connectivity index (χ2v) is 13.1. The molecule has 2 amide bonds. The summed E-state index contributed by atoms with van der Waals surface area (Å²) in [5, 5.41) is 55.2. The number of nitrogens with zero attached hydrogens (tertiary/aromatic N) is 5. The number of nitrogens with one attached hydrogen (secondary N) is 1. The van der Waals surface area contributed by atoms with Crippen LogP contribution in [0.3, 0.4) is 0 Å². The number of carbonyl (C=O) groups is 4. The zero-order valence-electron chi connectivity index (χ0n) is 34.7. The predicted octanol–water partition coefficient (Wildman–Crippen LogP) is -0.365. The van der Waals surface area contributed by atoms with Gasteiger partial charge >= 0.3 is 18.0 Å². The Labute approximate surface area is 357 Å². The fourth-order valence-electron chi connectivity index (χ4n) is 5.46. The van der Waals surface area contributed by atoms with Crippen molar-refractivity contribution in [3.8, 4) is 0 Å². The number of carboxylic acid groups (broad SMARTS) is 1. The maximum Gasteiger partial charge on any atom is 0.435 e. The number of imidazole rings is 1. The molecule has 0 aliphatic heterocycles. The van der Waals surface area contributed by atoms with Crippen molar-refractivity contribution in [2.75, 3.05) is 36.6 Å². The van der Waals surface area contributed by atoms with Gasteiger partial charge in [0.05, 0.1) is 43.8 Å².